The molecule has 4 heterocycles. The molecule has 10 heteroatoms. The molecule has 0 bridgehead atoms. The zero-order valence-electron chi connectivity index (χ0n) is 15.8. The van der Waals surface area contributed by atoms with Crippen LogP contribution in [-0.4, -0.2) is 51.8 Å². The van der Waals surface area contributed by atoms with E-state index in [1.54, 1.807) is 16.8 Å². The van der Waals surface area contributed by atoms with Gasteiger partial charge in [-0.25, -0.2) is 14.5 Å². The number of thiazole rings is 1. The average Bonchev–Trinajstić information content (AvgIpc) is 3.43. The van der Waals surface area contributed by atoms with Gasteiger partial charge in [0.15, 0.2) is 16.6 Å². The number of aromatic nitrogens is 4. The summed E-state index contributed by atoms with van der Waals surface area (Å²) in [6.45, 7) is 2.67. The summed E-state index contributed by atoms with van der Waals surface area (Å²) >= 11 is 7.50. The van der Waals surface area contributed by atoms with Gasteiger partial charge in [0.25, 0.3) is 5.91 Å². The quantitative estimate of drug-likeness (QED) is 0.522. The molecule has 0 unspecified atom stereocenters. The second-order valence-electron chi connectivity index (χ2n) is 6.71. The Labute approximate surface area is 181 Å². The van der Waals surface area contributed by atoms with Crippen molar-refractivity contribution < 1.29 is 9.53 Å². The number of nitrogens with one attached hydrogen (secondary N) is 1. The lowest BCUT2D eigenvalue weighted by molar-refractivity contribution is 0.102. The highest BCUT2D eigenvalue weighted by atomic mass is 35.5. The predicted octanol–water partition coefficient (Wildman–Crippen LogP) is 3.60. The van der Waals surface area contributed by atoms with Crippen LogP contribution in [0.5, 0.6) is 0 Å². The fourth-order valence-electron chi connectivity index (χ4n) is 3.31. The van der Waals surface area contributed by atoms with E-state index in [0.717, 1.165) is 5.56 Å². The van der Waals surface area contributed by atoms with E-state index in [2.05, 4.69) is 20.2 Å². The van der Waals surface area contributed by atoms with Gasteiger partial charge in [0, 0.05) is 35.3 Å². The Kier molecular flexibility index (Phi) is 5.07. The lowest BCUT2D eigenvalue weighted by Crippen LogP contribution is -2.37. The van der Waals surface area contributed by atoms with Crippen molar-refractivity contribution in [3.63, 3.8) is 0 Å². The van der Waals surface area contributed by atoms with Gasteiger partial charge in [-0.3, -0.25) is 10.1 Å². The van der Waals surface area contributed by atoms with Crippen LogP contribution >= 0.6 is 22.9 Å². The van der Waals surface area contributed by atoms with Crippen LogP contribution in [-0.2, 0) is 4.74 Å². The third kappa shape index (κ3) is 3.74. The molecule has 1 saturated heterocycles. The Morgan fingerprint density at radius 2 is 2.10 bits per heavy atom. The summed E-state index contributed by atoms with van der Waals surface area (Å²) in [5, 5.41) is 10.5. The van der Waals surface area contributed by atoms with Crippen LogP contribution in [0.3, 0.4) is 0 Å². The monoisotopic (exact) mass is 440 g/mol. The summed E-state index contributed by atoms with van der Waals surface area (Å²) in [5.41, 5.74) is 2.44. The minimum Gasteiger partial charge on any atom is -0.378 e. The second-order valence-corrected chi connectivity index (χ2v) is 8.04. The minimum atomic E-state index is -0.282. The summed E-state index contributed by atoms with van der Waals surface area (Å²) in [4.78, 5) is 24.0. The number of anilines is 2. The van der Waals surface area contributed by atoms with Crippen molar-refractivity contribution in [3.05, 3.63) is 58.7 Å². The maximum atomic E-state index is 13.1. The minimum absolute atomic E-state index is 0.282. The molecule has 1 N–H and O–H groups in total. The van der Waals surface area contributed by atoms with Gasteiger partial charge >= 0.3 is 0 Å². The van der Waals surface area contributed by atoms with Gasteiger partial charge in [-0.2, -0.15) is 0 Å². The van der Waals surface area contributed by atoms with Crippen LogP contribution in [0.1, 0.15) is 10.4 Å². The van der Waals surface area contributed by atoms with Crippen LogP contribution < -0.4 is 10.2 Å². The highest BCUT2D eigenvalue weighted by Gasteiger charge is 2.21. The lowest BCUT2D eigenvalue weighted by Gasteiger charge is -2.27. The molecule has 1 aromatic carbocycles. The van der Waals surface area contributed by atoms with E-state index in [9.17, 15) is 4.79 Å². The highest BCUT2D eigenvalue weighted by Crippen LogP contribution is 2.26. The average molecular weight is 441 g/mol. The van der Waals surface area contributed by atoms with Gasteiger partial charge < -0.3 is 9.64 Å². The number of amides is 1. The smallest absolute Gasteiger partial charge is 0.261 e. The molecular formula is C20H17ClN6O2S. The summed E-state index contributed by atoms with van der Waals surface area (Å²) in [7, 11) is 0. The zero-order chi connectivity index (χ0) is 20.5. The van der Waals surface area contributed by atoms with Crippen LogP contribution in [0, 0.1) is 0 Å². The maximum Gasteiger partial charge on any atom is 0.261 e. The summed E-state index contributed by atoms with van der Waals surface area (Å²) in [5.74, 6) is 0.417. The van der Waals surface area contributed by atoms with Crippen LogP contribution in [0.4, 0.5) is 10.9 Å². The third-order valence-corrected chi connectivity index (χ3v) is 5.69. The number of hydrogen-bond acceptors (Lipinski definition) is 7. The predicted molar refractivity (Wildman–Crippen MR) is 117 cm³/mol. The standard InChI is InChI=1S/C20H17ClN6O2S/c21-14-3-1-2-13(10-14)16-12-27-18(23-16)15(19(28)24-20-22-4-9-30-20)11-17(25-27)26-5-7-29-8-6-26/h1-4,9-12H,5-8H2,(H,22,24,28). The van der Waals surface area contributed by atoms with Gasteiger partial charge in [0.05, 0.1) is 30.7 Å². The number of hydrogen-bond donors (Lipinski definition) is 1. The number of ether oxygens (including phenoxy) is 1. The number of nitrogens with zero attached hydrogens (tertiary/aromatic N) is 5. The largest absolute Gasteiger partial charge is 0.378 e. The number of morpholine rings is 1. The van der Waals surface area contributed by atoms with Gasteiger partial charge in [-0.15, -0.1) is 16.4 Å². The number of benzene rings is 1. The molecule has 1 aliphatic heterocycles. The van der Waals surface area contributed by atoms with Gasteiger partial charge in [0.2, 0.25) is 0 Å². The second kappa shape index (κ2) is 8.02. The highest BCUT2D eigenvalue weighted by molar-refractivity contribution is 7.13. The Morgan fingerprint density at radius 3 is 2.87 bits per heavy atom. The van der Waals surface area contributed by atoms with E-state index in [1.807, 2.05) is 35.8 Å². The first kappa shape index (κ1) is 19.0. The number of imidazole rings is 1. The normalized spacial score (nSPS) is 14.2. The van der Waals surface area contributed by atoms with Crippen molar-refractivity contribution in [1.82, 2.24) is 19.6 Å². The first-order valence-corrected chi connectivity index (χ1v) is 10.6. The molecule has 5 rings (SSSR count). The molecular weight excluding hydrogens is 424 g/mol. The van der Waals surface area contributed by atoms with Crippen LogP contribution in [0.2, 0.25) is 5.02 Å². The van der Waals surface area contributed by atoms with E-state index >= 15 is 0 Å². The number of rotatable bonds is 4. The van der Waals surface area contributed by atoms with Crippen molar-refractivity contribution in [2.45, 2.75) is 0 Å². The Balaban J connectivity index is 1.61. The molecule has 8 nitrogen and oxygen atoms in total. The first-order valence-electron chi connectivity index (χ1n) is 9.37. The number of carbonyl (C=O) groups is 1. The Hall–Kier alpha value is -3.01. The van der Waals surface area contributed by atoms with Crippen molar-refractivity contribution in [1.29, 1.82) is 0 Å². The lowest BCUT2D eigenvalue weighted by atomic mass is 10.2. The fraction of sp³-hybridized carbons (Fsp3) is 0.200. The van der Waals surface area contributed by atoms with Crippen LogP contribution in [0.25, 0.3) is 16.9 Å². The van der Waals surface area contributed by atoms with E-state index in [1.165, 1.54) is 11.3 Å². The molecule has 0 spiro atoms. The number of carbonyl (C=O) groups excluding carboxylic acids is 1. The molecule has 0 saturated carbocycles. The molecule has 1 amide bonds. The molecule has 1 fully saturated rings. The van der Waals surface area contributed by atoms with Crippen LogP contribution in [0.15, 0.2) is 48.1 Å². The van der Waals surface area contributed by atoms with E-state index in [-0.39, 0.29) is 5.91 Å². The molecule has 0 atom stereocenters. The summed E-state index contributed by atoms with van der Waals surface area (Å²) in [6, 6.07) is 9.21. The Morgan fingerprint density at radius 1 is 1.23 bits per heavy atom. The zero-order valence-corrected chi connectivity index (χ0v) is 17.4. The molecule has 0 aliphatic carbocycles. The molecule has 152 valence electrons. The van der Waals surface area contributed by atoms with Gasteiger partial charge in [0.1, 0.15) is 0 Å². The number of halogens is 1. The molecule has 3 aromatic heterocycles. The number of fused-ring (bicyclic) bond motifs is 1. The van der Waals surface area contributed by atoms with E-state index < -0.39 is 0 Å². The summed E-state index contributed by atoms with van der Waals surface area (Å²) in [6.07, 6.45) is 3.46. The van der Waals surface area contributed by atoms with Crippen molar-refractivity contribution in [2.75, 3.05) is 36.5 Å². The van der Waals surface area contributed by atoms with Crippen molar-refractivity contribution in [3.8, 4) is 11.3 Å². The molecule has 4 aromatic rings. The molecule has 1 aliphatic rings. The topological polar surface area (TPSA) is 84.7 Å². The summed E-state index contributed by atoms with van der Waals surface area (Å²) < 4.78 is 7.09. The maximum absolute atomic E-state index is 13.1. The van der Waals surface area contributed by atoms with Crippen molar-refractivity contribution in [2.24, 2.45) is 0 Å². The van der Waals surface area contributed by atoms with E-state index in [4.69, 9.17) is 21.4 Å². The Bertz CT molecular complexity index is 1200. The fourth-order valence-corrected chi connectivity index (χ4v) is 4.03. The van der Waals surface area contributed by atoms with E-state index in [0.29, 0.717) is 59.2 Å². The van der Waals surface area contributed by atoms with Crippen molar-refractivity contribution >= 4 is 45.4 Å². The molecule has 30 heavy (non-hydrogen) atoms. The SMILES string of the molecule is O=C(Nc1nccs1)c1cc(N2CCOCC2)nn2cc(-c3cccc(Cl)c3)nc12. The third-order valence-electron chi connectivity index (χ3n) is 4.77. The van der Waals surface area contributed by atoms with Gasteiger partial charge in [-0.1, -0.05) is 23.7 Å². The molecule has 0 radical (unpaired) electrons. The first-order chi connectivity index (χ1) is 14.7. The van der Waals surface area contributed by atoms with Gasteiger partial charge in [-0.05, 0) is 18.2 Å².